The standard InChI is InChI=1S/C5H9NO4S2/c7-4(8)2-12-6-3(1-11)5(9)10/h3,6,11H,1-2H2,(H,7,8)(H,9,10). The van der Waals surface area contributed by atoms with Crippen LogP contribution < -0.4 is 4.72 Å². The molecule has 0 aliphatic carbocycles. The summed E-state index contributed by atoms with van der Waals surface area (Å²) in [5.41, 5.74) is 0. The molecule has 0 aromatic carbocycles. The SMILES string of the molecule is O=C(O)CSNC(CS)C(=O)O. The Kier molecular flexibility index (Phi) is 5.95. The van der Waals surface area contributed by atoms with Crippen LogP contribution in [0.15, 0.2) is 0 Å². The van der Waals surface area contributed by atoms with E-state index in [9.17, 15) is 9.59 Å². The van der Waals surface area contributed by atoms with Gasteiger partial charge in [-0.3, -0.25) is 9.59 Å². The Labute approximate surface area is 79.1 Å². The fourth-order valence-electron chi connectivity index (χ4n) is 0.370. The molecule has 70 valence electrons. The van der Waals surface area contributed by atoms with E-state index in [0.717, 1.165) is 11.9 Å². The molecule has 0 aromatic heterocycles. The minimum Gasteiger partial charge on any atom is -0.481 e. The van der Waals surface area contributed by atoms with Gasteiger partial charge >= 0.3 is 11.9 Å². The first kappa shape index (κ1) is 11.6. The number of thiol groups is 1. The Bertz CT molecular complexity index is 175. The van der Waals surface area contributed by atoms with Crippen LogP contribution in [-0.2, 0) is 9.59 Å². The van der Waals surface area contributed by atoms with Crippen LogP contribution in [0.3, 0.4) is 0 Å². The lowest BCUT2D eigenvalue weighted by molar-refractivity contribution is -0.138. The second-order valence-electron chi connectivity index (χ2n) is 1.87. The number of aliphatic carboxylic acids is 2. The number of carboxylic acid groups (broad SMARTS) is 2. The van der Waals surface area contributed by atoms with Crippen molar-refractivity contribution in [2.45, 2.75) is 6.04 Å². The minimum atomic E-state index is -1.04. The first-order valence-electron chi connectivity index (χ1n) is 3.00. The van der Waals surface area contributed by atoms with Crippen molar-refractivity contribution in [2.75, 3.05) is 11.5 Å². The smallest absolute Gasteiger partial charge is 0.322 e. The lowest BCUT2D eigenvalue weighted by Crippen LogP contribution is -2.34. The predicted molar refractivity (Wildman–Crippen MR) is 48.5 cm³/mol. The first-order chi connectivity index (χ1) is 5.57. The summed E-state index contributed by atoms with van der Waals surface area (Å²) in [6, 6.07) is -0.808. The molecular formula is C5H9NO4S2. The van der Waals surface area contributed by atoms with E-state index in [2.05, 4.69) is 17.4 Å². The Hall–Kier alpha value is -0.400. The number of rotatable bonds is 6. The molecule has 0 amide bonds. The topological polar surface area (TPSA) is 86.6 Å². The molecule has 0 bridgehead atoms. The van der Waals surface area contributed by atoms with Crippen molar-refractivity contribution in [3.8, 4) is 0 Å². The van der Waals surface area contributed by atoms with E-state index in [4.69, 9.17) is 10.2 Å². The summed E-state index contributed by atoms with van der Waals surface area (Å²) in [7, 11) is 0. The molecule has 1 atom stereocenters. The van der Waals surface area contributed by atoms with E-state index in [-0.39, 0.29) is 11.5 Å². The van der Waals surface area contributed by atoms with Gasteiger partial charge in [0.05, 0.1) is 0 Å². The molecule has 12 heavy (non-hydrogen) atoms. The fraction of sp³-hybridized carbons (Fsp3) is 0.600. The van der Waals surface area contributed by atoms with Gasteiger partial charge in [0.2, 0.25) is 0 Å². The Balaban J connectivity index is 3.59. The van der Waals surface area contributed by atoms with Crippen LogP contribution in [0.5, 0.6) is 0 Å². The van der Waals surface area contributed by atoms with Gasteiger partial charge in [-0.2, -0.15) is 12.6 Å². The van der Waals surface area contributed by atoms with Crippen molar-refractivity contribution in [3.63, 3.8) is 0 Å². The molecule has 0 saturated heterocycles. The zero-order valence-electron chi connectivity index (χ0n) is 6.06. The first-order valence-corrected chi connectivity index (χ1v) is 4.62. The molecule has 0 rings (SSSR count). The van der Waals surface area contributed by atoms with E-state index in [1.165, 1.54) is 0 Å². The lowest BCUT2D eigenvalue weighted by Gasteiger charge is -2.08. The van der Waals surface area contributed by atoms with Gasteiger partial charge in [0.1, 0.15) is 11.8 Å². The highest BCUT2D eigenvalue weighted by Gasteiger charge is 2.14. The van der Waals surface area contributed by atoms with Gasteiger partial charge in [0.25, 0.3) is 0 Å². The Morgan fingerprint density at radius 2 is 2.08 bits per heavy atom. The predicted octanol–water partition coefficient (Wildman–Crippen LogP) is -0.308. The second-order valence-corrected chi connectivity index (χ2v) is 3.05. The van der Waals surface area contributed by atoms with Gasteiger partial charge < -0.3 is 10.2 Å². The molecule has 3 N–H and O–H groups in total. The van der Waals surface area contributed by atoms with Gasteiger partial charge in [0.15, 0.2) is 0 Å². The summed E-state index contributed by atoms with van der Waals surface area (Å²) in [5, 5.41) is 16.7. The second kappa shape index (κ2) is 6.15. The van der Waals surface area contributed by atoms with Crippen LogP contribution in [0.2, 0.25) is 0 Å². The van der Waals surface area contributed by atoms with Gasteiger partial charge in [-0.25, -0.2) is 4.72 Å². The zero-order chi connectivity index (χ0) is 9.56. The monoisotopic (exact) mass is 211 g/mol. The van der Waals surface area contributed by atoms with Crippen molar-refractivity contribution in [2.24, 2.45) is 0 Å². The Morgan fingerprint density at radius 1 is 1.50 bits per heavy atom. The summed E-state index contributed by atoms with van der Waals surface area (Å²) < 4.78 is 2.46. The third kappa shape index (κ3) is 5.28. The van der Waals surface area contributed by atoms with Crippen LogP contribution in [0.25, 0.3) is 0 Å². The summed E-state index contributed by atoms with van der Waals surface area (Å²) in [5.74, 6) is -2.07. The Morgan fingerprint density at radius 3 is 2.42 bits per heavy atom. The van der Waals surface area contributed by atoms with E-state index in [1.807, 2.05) is 0 Å². The van der Waals surface area contributed by atoms with E-state index >= 15 is 0 Å². The highest BCUT2D eigenvalue weighted by Crippen LogP contribution is 1.98. The van der Waals surface area contributed by atoms with E-state index in [0.29, 0.717) is 0 Å². The van der Waals surface area contributed by atoms with Crippen molar-refractivity contribution >= 4 is 36.5 Å². The van der Waals surface area contributed by atoms with Gasteiger partial charge in [-0.15, -0.1) is 0 Å². The molecule has 0 aliphatic heterocycles. The van der Waals surface area contributed by atoms with Crippen LogP contribution in [0.1, 0.15) is 0 Å². The number of carbonyl (C=O) groups is 2. The quantitative estimate of drug-likeness (QED) is 0.356. The number of nitrogens with one attached hydrogen (secondary N) is 1. The number of hydrogen-bond acceptors (Lipinski definition) is 5. The van der Waals surface area contributed by atoms with E-state index < -0.39 is 18.0 Å². The van der Waals surface area contributed by atoms with Crippen molar-refractivity contribution in [1.82, 2.24) is 4.72 Å². The van der Waals surface area contributed by atoms with Crippen LogP contribution >= 0.6 is 24.6 Å². The molecule has 5 nitrogen and oxygen atoms in total. The van der Waals surface area contributed by atoms with E-state index in [1.54, 1.807) is 0 Å². The average Bonchev–Trinajstić information content (AvgIpc) is 1.96. The number of hydrogen-bond donors (Lipinski definition) is 4. The summed E-state index contributed by atoms with van der Waals surface area (Å²) in [6.45, 7) is 0. The van der Waals surface area contributed by atoms with Crippen molar-refractivity contribution in [3.05, 3.63) is 0 Å². The molecule has 0 saturated carbocycles. The largest absolute Gasteiger partial charge is 0.481 e. The molecule has 7 heteroatoms. The molecule has 0 spiro atoms. The maximum atomic E-state index is 10.3. The summed E-state index contributed by atoms with van der Waals surface area (Å²) >= 11 is 4.62. The molecule has 0 aromatic rings. The highest BCUT2D eigenvalue weighted by molar-refractivity contribution is 7.98. The van der Waals surface area contributed by atoms with Crippen LogP contribution in [-0.4, -0.2) is 39.7 Å². The van der Waals surface area contributed by atoms with Crippen LogP contribution in [0.4, 0.5) is 0 Å². The summed E-state index contributed by atoms with van der Waals surface area (Å²) in [6.07, 6.45) is 0. The highest BCUT2D eigenvalue weighted by atomic mass is 32.2. The summed E-state index contributed by atoms with van der Waals surface area (Å²) in [4.78, 5) is 20.3. The maximum Gasteiger partial charge on any atom is 0.322 e. The number of carboxylic acids is 2. The maximum absolute atomic E-state index is 10.3. The van der Waals surface area contributed by atoms with Crippen LogP contribution in [0, 0.1) is 0 Å². The third-order valence-electron chi connectivity index (χ3n) is 0.902. The molecule has 0 radical (unpaired) electrons. The molecule has 1 unspecified atom stereocenters. The average molecular weight is 211 g/mol. The van der Waals surface area contributed by atoms with Gasteiger partial charge in [-0.1, -0.05) is 11.9 Å². The van der Waals surface area contributed by atoms with Gasteiger partial charge in [-0.05, 0) is 0 Å². The molecule has 0 fully saturated rings. The fourth-order valence-corrected chi connectivity index (χ4v) is 1.33. The third-order valence-corrected chi connectivity index (χ3v) is 2.11. The van der Waals surface area contributed by atoms with Crippen molar-refractivity contribution < 1.29 is 19.8 Å². The minimum absolute atomic E-state index is 0.127. The lowest BCUT2D eigenvalue weighted by atomic mass is 10.4. The molecular weight excluding hydrogens is 202 g/mol. The van der Waals surface area contributed by atoms with Gasteiger partial charge in [0, 0.05) is 5.75 Å². The zero-order valence-corrected chi connectivity index (χ0v) is 7.77. The molecule has 0 aliphatic rings. The van der Waals surface area contributed by atoms with Crippen molar-refractivity contribution in [1.29, 1.82) is 0 Å². The normalized spacial score (nSPS) is 12.4. The molecule has 0 heterocycles.